The molecule has 1 aliphatic heterocycles. The number of hydrogen-bond acceptors (Lipinski definition) is 8. The summed E-state index contributed by atoms with van der Waals surface area (Å²) in [4.78, 5) is 42.0. The molecule has 42 heavy (non-hydrogen) atoms. The van der Waals surface area contributed by atoms with Crippen LogP contribution in [0.25, 0.3) is 28.0 Å². The maximum Gasteiger partial charge on any atom is 0.355 e. The van der Waals surface area contributed by atoms with Crippen LogP contribution in [0, 0.1) is 11.6 Å². The van der Waals surface area contributed by atoms with Crippen molar-refractivity contribution in [2.75, 3.05) is 38.6 Å². The van der Waals surface area contributed by atoms with Crippen molar-refractivity contribution in [1.29, 1.82) is 0 Å². The first-order chi connectivity index (χ1) is 19.9. The molecule has 4 heterocycles. The second-order valence-corrected chi connectivity index (χ2v) is 11.9. The predicted octanol–water partition coefficient (Wildman–Crippen LogP) is 2.59. The number of rotatable bonds is 6. The van der Waals surface area contributed by atoms with Crippen LogP contribution >= 0.6 is 0 Å². The van der Waals surface area contributed by atoms with E-state index in [2.05, 4.69) is 21.5 Å². The lowest BCUT2D eigenvalue weighted by atomic mass is 10.1. The van der Waals surface area contributed by atoms with Crippen LogP contribution in [0.15, 0.2) is 71.1 Å². The highest BCUT2D eigenvalue weighted by atomic mass is 32.2. The first kappa shape index (κ1) is 29.0. The molecule has 1 fully saturated rings. The zero-order valence-corrected chi connectivity index (χ0v) is 23.8. The van der Waals surface area contributed by atoms with Crippen molar-refractivity contribution in [3.8, 4) is 16.9 Å². The Kier molecular flexibility index (Phi) is 7.60. The fourth-order valence-corrected chi connectivity index (χ4v) is 5.87. The number of benzene rings is 1. The number of fused-ring (bicyclic) bond motifs is 1. The van der Waals surface area contributed by atoms with E-state index in [9.17, 15) is 22.4 Å². The summed E-state index contributed by atoms with van der Waals surface area (Å²) in [5, 5.41) is -0.365. The Bertz CT molecular complexity index is 1900. The van der Waals surface area contributed by atoms with Gasteiger partial charge in [0.25, 0.3) is 10.0 Å². The molecule has 1 aromatic carbocycles. The second kappa shape index (κ2) is 11.0. The van der Waals surface area contributed by atoms with Crippen LogP contribution < -0.4 is 10.6 Å². The topological polar surface area (TPSA) is 122 Å². The van der Waals surface area contributed by atoms with E-state index in [1.54, 1.807) is 9.80 Å². The van der Waals surface area contributed by atoms with Gasteiger partial charge in [0.05, 0.1) is 11.1 Å². The van der Waals surface area contributed by atoms with Crippen LogP contribution in [0.2, 0.25) is 0 Å². The Morgan fingerprint density at radius 3 is 2.50 bits per heavy atom. The van der Waals surface area contributed by atoms with Crippen molar-refractivity contribution in [2.45, 2.75) is 18.0 Å². The Morgan fingerprint density at radius 1 is 1.10 bits per heavy atom. The van der Waals surface area contributed by atoms with Gasteiger partial charge in [-0.3, -0.25) is 4.79 Å². The van der Waals surface area contributed by atoms with Crippen molar-refractivity contribution >= 4 is 32.8 Å². The van der Waals surface area contributed by atoms with Gasteiger partial charge in [-0.25, -0.2) is 40.8 Å². The SMILES string of the molecule is C=CC(=O)N1CCN(c2nc(=O)n(-c3cccnc3S(=O)(=O)N(C)C)c3nc(-c4ccccc4F)c(F)cc23)[C@@H](C)C1. The van der Waals surface area contributed by atoms with Crippen molar-refractivity contribution in [3.63, 3.8) is 0 Å². The molecule has 11 nitrogen and oxygen atoms in total. The molecule has 0 N–H and O–H groups in total. The average molecular weight is 596 g/mol. The molecular weight excluding hydrogens is 568 g/mol. The fraction of sp³-hybridized carbons (Fsp3) is 0.250. The molecule has 4 aromatic rings. The van der Waals surface area contributed by atoms with Gasteiger partial charge in [0.1, 0.15) is 23.1 Å². The highest BCUT2D eigenvalue weighted by Gasteiger charge is 2.31. The van der Waals surface area contributed by atoms with E-state index < -0.39 is 32.4 Å². The number of hydrogen-bond donors (Lipinski definition) is 0. The predicted molar refractivity (Wildman–Crippen MR) is 153 cm³/mol. The number of amides is 1. The minimum Gasteiger partial charge on any atom is -0.350 e. The first-order valence-corrected chi connectivity index (χ1v) is 14.3. The molecule has 0 unspecified atom stereocenters. The van der Waals surface area contributed by atoms with Gasteiger partial charge in [0.2, 0.25) is 5.91 Å². The van der Waals surface area contributed by atoms with E-state index in [-0.39, 0.29) is 58.8 Å². The molecule has 0 spiro atoms. The zero-order chi connectivity index (χ0) is 30.3. The lowest BCUT2D eigenvalue weighted by molar-refractivity contribution is -0.126. The highest BCUT2D eigenvalue weighted by Crippen LogP contribution is 2.33. The molecule has 0 radical (unpaired) electrons. The maximum atomic E-state index is 15.7. The lowest BCUT2D eigenvalue weighted by Gasteiger charge is -2.40. The van der Waals surface area contributed by atoms with Gasteiger partial charge in [-0.15, -0.1) is 0 Å². The van der Waals surface area contributed by atoms with Crippen LogP contribution in [-0.4, -0.2) is 82.8 Å². The Balaban J connectivity index is 1.82. The number of nitrogens with zero attached hydrogens (tertiary/aromatic N) is 7. The summed E-state index contributed by atoms with van der Waals surface area (Å²) < 4.78 is 58.7. The lowest BCUT2D eigenvalue weighted by Crippen LogP contribution is -2.54. The number of anilines is 1. The zero-order valence-electron chi connectivity index (χ0n) is 23.0. The minimum absolute atomic E-state index is 0.0830. The van der Waals surface area contributed by atoms with Crippen molar-refractivity contribution < 1.29 is 22.0 Å². The summed E-state index contributed by atoms with van der Waals surface area (Å²) in [6.07, 6.45) is 2.48. The maximum absolute atomic E-state index is 15.7. The molecule has 1 aliphatic rings. The molecule has 1 saturated heterocycles. The molecule has 5 rings (SSSR count). The monoisotopic (exact) mass is 595 g/mol. The van der Waals surface area contributed by atoms with Crippen LogP contribution in [0.4, 0.5) is 14.6 Å². The standard InChI is InChI=1S/C28H27F2N7O4S/c1-5-23(38)35-13-14-36(17(2)16-35)25-19-15-21(30)24(18-9-6-7-10-20(18)29)32-26(19)37(28(39)33-25)22-11-8-12-31-27(22)42(40,41)34(3)4/h5-12,15,17H,1,13-14,16H2,2-4H3/t17-/m0/s1. The average Bonchev–Trinajstić information content (AvgIpc) is 2.96. The van der Waals surface area contributed by atoms with E-state index in [0.717, 1.165) is 21.0 Å². The Morgan fingerprint density at radius 2 is 1.83 bits per heavy atom. The largest absolute Gasteiger partial charge is 0.355 e. The van der Waals surface area contributed by atoms with Gasteiger partial charge in [-0.2, -0.15) is 4.98 Å². The van der Waals surface area contributed by atoms with Gasteiger partial charge < -0.3 is 9.80 Å². The number of halogens is 2. The number of piperazine rings is 1. The second-order valence-electron chi connectivity index (χ2n) is 9.87. The molecule has 0 aliphatic carbocycles. The van der Waals surface area contributed by atoms with Crippen LogP contribution in [-0.2, 0) is 14.8 Å². The number of aromatic nitrogens is 4. The van der Waals surface area contributed by atoms with Gasteiger partial charge in [0, 0.05) is 51.5 Å². The van der Waals surface area contributed by atoms with Crippen molar-refractivity contribution in [3.05, 3.63) is 83.4 Å². The van der Waals surface area contributed by atoms with E-state index in [1.165, 1.54) is 56.7 Å². The summed E-state index contributed by atoms with van der Waals surface area (Å²) in [6.45, 7) is 6.18. The third-order valence-electron chi connectivity index (χ3n) is 7.03. The van der Waals surface area contributed by atoms with Crippen molar-refractivity contribution in [1.82, 2.24) is 28.7 Å². The smallest absolute Gasteiger partial charge is 0.350 e. The van der Waals surface area contributed by atoms with E-state index in [0.29, 0.717) is 6.54 Å². The third-order valence-corrected chi connectivity index (χ3v) is 8.80. The molecule has 218 valence electrons. The van der Waals surface area contributed by atoms with Gasteiger partial charge in [0.15, 0.2) is 10.7 Å². The van der Waals surface area contributed by atoms with Gasteiger partial charge in [-0.05, 0) is 43.3 Å². The van der Waals surface area contributed by atoms with E-state index in [1.807, 2.05) is 6.92 Å². The quantitative estimate of drug-likeness (QED) is 0.312. The highest BCUT2D eigenvalue weighted by molar-refractivity contribution is 7.89. The summed E-state index contributed by atoms with van der Waals surface area (Å²) in [5.74, 6) is -1.76. The van der Waals surface area contributed by atoms with Crippen LogP contribution in [0.3, 0.4) is 0 Å². The summed E-state index contributed by atoms with van der Waals surface area (Å²) in [5.41, 5.74) is -1.73. The summed E-state index contributed by atoms with van der Waals surface area (Å²) >= 11 is 0. The molecule has 0 bridgehead atoms. The van der Waals surface area contributed by atoms with Crippen LogP contribution in [0.1, 0.15) is 6.92 Å². The Hall–Kier alpha value is -4.56. The Labute approximate surface area is 240 Å². The summed E-state index contributed by atoms with van der Waals surface area (Å²) in [6, 6.07) is 9.03. The number of sulfonamides is 1. The van der Waals surface area contributed by atoms with Gasteiger partial charge in [-0.1, -0.05) is 18.7 Å². The molecule has 1 amide bonds. The third kappa shape index (κ3) is 4.92. The number of carbonyl (C=O) groups excluding carboxylic acids is 1. The van der Waals surface area contributed by atoms with Crippen molar-refractivity contribution in [2.24, 2.45) is 0 Å². The molecule has 1 atom stereocenters. The van der Waals surface area contributed by atoms with Gasteiger partial charge >= 0.3 is 5.69 Å². The number of pyridine rings is 2. The fourth-order valence-electron chi connectivity index (χ4n) is 4.91. The molecule has 3 aromatic heterocycles. The molecule has 0 saturated carbocycles. The minimum atomic E-state index is -4.16. The normalized spacial score (nSPS) is 15.8. The van der Waals surface area contributed by atoms with E-state index >= 15 is 4.39 Å². The molecular formula is C28H27F2N7O4S. The van der Waals surface area contributed by atoms with Crippen LogP contribution in [0.5, 0.6) is 0 Å². The van der Waals surface area contributed by atoms with E-state index in [4.69, 9.17) is 0 Å². The first-order valence-electron chi connectivity index (χ1n) is 12.9. The summed E-state index contributed by atoms with van der Waals surface area (Å²) in [7, 11) is -1.52. The molecule has 14 heteroatoms. The number of carbonyl (C=O) groups is 1.